The van der Waals surface area contributed by atoms with Crippen molar-refractivity contribution in [2.75, 3.05) is 0 Å². The molecule has 0 unspecified atom stereocenters. The van der Waals surface area contributed by atoms with E-state index in [1.54, 1.807) is 0 Å². The number of hydrogen-bond donors (Lipinski definition) is 0. The third-order valence-corrected chi connectivity index (χ3v) is 3.22. The molecule has 0 fully saturated rings. The SMILES string of the molecule is CC(C)c1nc(Cn2ccc3cc(C=O)ccc32)no1. The molecule has 0 spiro atoms. The van der Waals surface area contributed by atoms with Gasteiger partial charge in [-0.1, -0.05) is 19.0 Å². The smallest absolute Gasteiger partial charge is 0.229 e. The number of aromatic nitrogens is 3. The summed E-state index contributed by atoms with van der Waals surface area (Å²) in [7, 11) is 0. The molecule has 0 bridgehead atoms. The molecule has 0 radical (unpaired) electrons. The van der Waals surface area contributed by atoms with E-state index in [1.165, 1.54) is 0 Å². The normalized spacial score (nSPS) is 11.3. The number of nitrogens with zero attached hydrogens (tertiary/aromatic N) is 3. The first-order valence-electron chi connectivity index (χ1n) is 6.54. The van der Waals surface area contributed by atoms with Gasteiger partial charge in [0.15, 0.2) is 5.82 Å². The van der Waals surface area contributed by atoms with Gasteiger partial charge in [-0.15, -0.1) is 0 Å². The van der Waals surface area contributed by atoms with Crippen molar-refractivity contribution in [1.82, 2.24) is 14.7 Å². The van der Waals surface area contributed by atoms with Crippen LogP contribution in [0.25, 0.3) is 10.9 Å². The summed E-state index contributed by atoms with van der Waals surface area (Å²) in [5.41, 5.74) is 1.73. The Labute approximate surface area is 116 Å². The molecule has 1 aromatic carbocycles. The average Bonchev–Trinajstić information content (AvgIpc) is 3.06. The molecule has 2 heterocycles. The van der Waals surface area contributed by atoms with E-state index < -0.39 is 0 Å². The van der Waals surface area contributed by atoms with Crippen LogP contribution in [0.4, 0.5) is 0 Å². The van der Waals surface area contributed by atoms with Gasteiger partial charge in [-0.2, -0.15) is 4.98 Å². The number of fused-ring (bicyclic) bond motifs is 1. The van der Waals surface area contributed by atoms with Crippen molar-refractivity contribution in [2.45, 2.75) is 26.3 Å². The molecule has 0 N–H and O–H groups in total. The Morgan fingerprint density at radius 3 is 2.90 bits per heavy atom. The van der Waals surface area contributed by atoms with Crippen LogP contribution in [-0.2, 0) is 6.54 Å². The van der Waals surface area contributed by atoms with Crippen LogP contribution in [0.2, 0.25) is 0 Å². The highest BCUT2D eigenvalue weighted by atomic mass is 16.5. The summed E-state index contributed by atoms with van der Waals surface area (Å²) in [6.45, 7) is 4.59. The molecule has 5 nitrogen and oxygen atoms in total. The second kappa shape index (κ2) is 4.92. The molecule has 0 aliphatic carbocycles. The first-order chi connectivity index (χ1) is 9.67. The van der Waals surface area contributed by atoms with Gasteiger partial charge in [0.1, 0.15) is 6.29 Å². The van der Waals surface area contributed by atoms with Crippen molar-refractivity contribution in [3.05, 3.63) is 47.7 Å². The Balaban J connectivity index is 1.92. The third kappa shape index (κ3) is 2.22. The molecular weight excluding hydrogens is 254 g/mol. The zero-order valence-corrected chi connectivity index (χ0v) is 11.4. The Kier molecular flexibility index (Phi) is 3.10. The fourth-order valence-corrected chi connectivity index (χ4v) is 2.15. The van der Waals surface area contributed by atoms with Gasteiger partial charge < -0.3 is 9.09 Å². The Morgan fingerprint density at radius 1 is 1.35 bits per heavy atom. The van der Waals surface area contributed by atoms with Crippen LogP contribution in [0.15, 0.2) is 35.0 Å². The van der Waals surface area contributed by atoms with E-state index in [1.807, 2.05) is 48.9 Å². The van der Waals surface area contributed by atoms with E-state index in [9.17, 15) is 4.79 Å². The summed E-state index contributed by atoms with van der Waals surface area (Å²) in [4.78, 5) is 15.1. The monoisotopic (exact) mass is 269 g/mol. The molecule has 20 heavy (non-hydrogen) atoms. The van der Waals surface area contributed by atoms with Crippen molar-refractivity contribution < 1.29 is 9.32 Å². The average molecular weight is 269 g/mol. The summed E-state index contributed by atoms with van der Waals surface area (Å²) in [5.74, 6) is 1.54. The molecule has 0 saturated heterocycles. The minimum absolute atomic E-state index is 0.229. The van der Waals surface area contributed by atoms with Crippen LogP contribution in [0.1, 0.15) is 41.8 Å². The first-order valence-corrected chi connectivity index (χ1v) is 6.54. The van der Waals surface area contributed by atoms with Gasteiger partial charge in [-0.3, -0.25) is 4.79 Å². The number of aldehydes is 1. The standard InChI is InChI=1S/C15H15N3O2/c1-10(2)15-16-14(17-20-15)8-18-6-5-12-7-11(9-19)3-4-13(12)18/h3-7,9-10H,8H2,1-2H3. The number of rotatable bonds is 4. The molecule has 0 aliphatic heterocycles. The van der Waals surface area contributed by atoms with Gasteiger partial charge in [-0.25, -0.2) is 0 Å². The number of carbonyl (C=O) groups excluding carboxylic acids is 1. The molecule has 0 aliphatic rings. The minimum Gasteiger partial charge on any atom is -0.340 e. The second-order valence-corrected chi connectivity index (χ2v) is 5.08. The summed E-state index contributed by atoms with van der Waals surface area (Å²) < 4.78 is 7.24. The van der Waals surface area contributed by atoms with Crippen LogP contribution < -0.4 is 0 Å². The molecule has 0 saturated carbocycles. The largest absolute Gasteiger partial charge is 0.340 e. The fourth-order valence-electron chi connectivity index (χ4n) is 2.15. The second-order valence-electron chi connectivity index (χ2n) is 5.08. The summed E-state index contributed by atoms with van der Waals surface area (Å²) in [5, 5.41) is 5.02. The molecule has 5 heteroatoms. The molecule has 0 amide bonds. The summed E-state index contributed by atoms with van der Waals surface area (Å²) in [6.07, 6.45) is 2.82. The number of hydrogen-bond acceptors (Lipinski definition) is 4. The van der Waals surface area contributed by atoms with Crippen molar-refractivity contribution in [1.29, 1.82) is 0 Å². The number of benzene rings is 1. The minimum atomic E-state index is 0.229. The quantitative estimate of drug-likeness (QED) is 0.683. The zero-order chi connectivity index (χ0) is 14.1. The summed E-state index contributed by atoms with van der Waals surface area (Å²) >= 11 is 0. The predicted molar refractivity (Wildman–Crippen MR) is 74.8 cm³/mol. The van der Waals surface area contributed by atoms with E-state index in [4.69, 9.17) is 4.52 Å². The van der Waals surface area contributed by atoms with Crippen LogP contribution in [-0.4, -0.2) is 21.0 Å². The fraction of sp³-hybridized carbons (Fsp3) is 0.267. The first kappa shape index (κ1) is 12.6. The van der Waals surface area contributed by atoms with Gasteiger partial charge >= 0.3 is 0 Å². The van der Waals surface area contributed by atoms with E-state index in [0.29, 0.717) is 23.8 Å². The van der Waals surface area contributed by atoms with E-state index >= 15 is 0 Å². The van der Waals surface area contributed by atoms with Gasteiger partial charge in [0.25, 0.3) is 0 Å². The van der Waals surface area contributed by atoms with Crippen molar-refractivity contribution >= 4 is 17.2 Å². The topological polar surface area (TPSA) is 60.9 Å². The van der Waals surface area contributed by atoms with Crippen LogP contribution in [0.5, 0.6) is 0 Å². The van der Waals surface area contributed by atoms with Crippen LogP contribution in [0, 0.1) is 0 Å². The lowest BCUT2D eigenvalue weighted by Crippen LogP contribution is -2.00. The van der Waals surface area contributed by atoms with Gasteiger partial charge in [0.05, 0.1) is 6.54 Å². The van der Waals surface area contributed by atoms with Gasteiger partial charge in [0.2, 0.25) is 5.89 Å². The Morgan fingerprint density at radius 2 is 2.20 bits per heavy atom. The molecule has 0 atom stereocenters. The maximum atomic E-state index is 10.8. The van der Waals surface area contributed by atoms with Gasteiger partial charge in [0, 0.05) is 28.6 Å². The maximum absolute atomic E-state index is 10.8. The highest BCUT2D eigenvalue weighted by Crippen LogP contribution is 2.18. The number of carbonyl (C=O) groups is 1. The Bertz CT molecular complexity index is 755. The lowest BCUT2D eigenvalue weighted by molar-refractivity contribution is 0.112. The lowest BCUT2D eigenvalue weighted by atomic mass is 10.2. The molecule has 3 rings (SSSR count). The van der Waals surface area contributed by atoms with Crippen molar-refractivity contribution in [3.63, 3.8) is 0 Å². The van der Waals surface area contributed by atoms with Crippen LogP contribution >= 0.6 is 0 Å². The maximum Gasteiger partial charge on any atom is 0.229 e. The molecule has 3 aromatic rings. The predicted octanol–water partition coefficient (Wildman–Crippen LogP) is 3.01. The highest BCUT2D eigenvalue weighted by Gasteiger charge is 2.11. The molecular formula is C15H15N3O2. The molecule has 2 aromatic heterocycles. The zero-order valence-electron chi connectivity index (χ0n) is 11.4. The Hall–Kier alpha value is -2.43. The van der Waals surface area contributed by atoms with Crippen LogP contribution in [0.3, 0.4) is 0 Å². The van der Waals surface area contributed by atoms with Gasteiger partial charge in [-0.05, 0) is 24.3 Å². The highest BCUT2D eigenvalue weighted by molar-refractivity contribution is 5.87. The third-order valence-electron chi connectivity index (χ3n) is 3.22. The van der Waals surface area contributed by atoms with Crippen molar-refractivity contribution in [3.8, 4) is 0 Å². The van der Waals surface area contributed by atoms with E-state index in [2.05, 4.69) is 10.1 Å². The lowest BCUT2D eigenvalue weighted by Gasteiger charge is -2.01. The summed E-state index contributed by atoms with van der Waals surface area (Å²) in [6, 6.07) is 7.59. The van der Waals surface area contributed by atoms with Crippen molar-refractivity contribution in [2.24, 2.45) is 0 Å². The van der Waals surface area contributed by atoms with E-state index in [-0.39, 0.29) is 5.92 Å². The van der Waals surface area contributed by atoms with E-state index in [0.717, 1.165) is 17.2 Å². The molecule has 102 valence electrons.